The summed E-state index contributed by atoms with van der Waals surface area (Å²) in [7, 11) is 0. The lowest BCUT2D eigenvalue weighted by Crippen LogP contribution is -2.26. The van der Waals surface area contributed by atoms with Crippen LogP contribution in [0.5, 0.6) is 0 Å². The maximum atomic E-state index is 6.09. The molecule has 1 N–H and O–H groups in total. The van der Waals surface area contributed by atoms with Crippen LogP contribution in [-0.2, 0) is 0 Å². The SMILES string of the molecule is Clc1ccc2nccc(C3CCNCC3)c2c1. The Hall–Kier alpha value is -1.12. The highest BCUT2D eigenvalue weighted by Crippen LogP contribution is 2.31. The minimum Gasteiger partial charge on any atom is -0.317 e. The monoisotopic (exact) mass is 246 g/mol. The molecule has 1 aromatic heterocycles. The molecular formula is C14H15ClN2. The van der Waals surface area contributed by atoms with Crippen molar-refractivity contribution in [3.8, 4) is 0 Å². The third kappa shape index (κ3) is 2.15. The van der Waals surface area contributed by atoms with Gasteiger partial charge >= 0.3 is 0 Å². The van der Waals surface area contributed by atoms with Gasteiger partial charge in [0.25, 0.3) is 0 Å². The lowest BCUT2D eigenvalue weighted by molar-refractivity contribution is 0.462. The summed E-state index contributed by atoms with van der Waals surface area (Å²) in [6.45, 7) is 2.21. The lowest BCUT2D eigenvalue weighted by atomic mass is 9.88. The van der Waals surface area contributed by atoms with Crippen molar-refractivity contribution in [1.82, 2.24) is 10.3 Å². The molecule has 0 bridgehead atoms. The van der Waals surface area contributed by atoms with E-state index in [9.17, 15) is 0 Å². The molecule has 1 aliphatic heterocycles. The first-order chi connectivity index (χ1) is 8.34. The predicted octanol–water partition coefficient (Wildman–Crippen LogP) is 3.36. The zero-order valence-electron chi connectivity index (χ0n) is 9.62. The highest BCUT2D eigenvalue weighted by Gasteiger charge is 2.17. The van der Waals surface area contributed by atoms with E-state index >= 15 is 0 Å². The highest BCUT2D eigenvalue weighted by atomic mass is 35.5. The van der Waals surface area contributed by atoms with Crippen molar-refractivity contribution in [2.45, 2.75) is 18.8 Å². The number of nitrogens with zero attached hydrogens (tertiary/aromatic N) is 1. The molecule has 1 aliphatic rings. The molecule has 0 aliphatic carbocycles. The van der Waals surface area contributed by atoms with E-state index < -0.39 is 0 Å². The molecule has 3 rings (SSSR count). The second kappa shape index (κ2) is 4.63. The van der Waals surface area contributed by atoms with E-state index in [4.69, 9.17) is 11.6 Å². The van der Waals surface area contributed by atoms with Crippen molar-refractivity contribution in [1.29, 1.82) is 0 Å². The van der Waals surface area contributed by atoms with Crippen molar-refractivity contribution >= 4 is 22.5 Å². The van der Waals surface area contributed by atoms with Crippen LogP contribution in [0.15, 0.2) is 30.5 Å². The van der Waals surface area contributed by atoms with Crippen LogP contribution in [0.3, 0.4) is 0 Å². The standard InChI is InChI=1S/C14H15ClN2/c15-11-1-2-14-13(9-11)12(5-8-17-14)10-3-6-16-7-4-10/h1-2,5,8-10,16H,3-4,6-7H2. The van der Waals surface area contributed by atoms with Gasteiger partial charge in [0, 0.05) is 16.6 Å². The Morgan fingerprint density at radius 1 is 1.18 bits per heavy atom. The Kier molecular flexibility index (Phi) is 3.00. The Balaban J connectivity index is 2.11. The summed E-state index contributed by atoms with van der Waals surface area (Å²) in [6.07, 6.45) is 4.31. The van der Waals surface area contributed by atoms with E-state index in [0.717, 1.165) is 23.6 Å². The number of piperidine rings is 1. The van der Waals surface area contributed by atoms with Crippen LogP contribution >= 0.6 is 11.6 Å². The molecule has 1 fully saturated rings. The maximum absolute atomic E-state index is 6.09. The van der Waals surface area contributed by atoms with Crippen LogP contribution in [0.2, 0.25) is 5.02 Å². The summed E-state index contributed by atoms with van der Waals surface area (Å²) in [5, 5.41) is 5.41. The number of aromatic nitrogens is 1. The molecule has 0 amide bonds. The van der Waals surface area contributed by atoms with Crippen LogP contribution in [0.4, 0.5) is 0 Å². The lowest BCUT2D eigenvalue weighted by Gasteiger charge is -2.24. The van der Waals surface area contributed by atoms with Crippen LogP contribution in [-0.4, -0.2) is 18.1 Å². The zero-order chi connectivity index (χ0) is 11.7. The number of rotatable bonds is 1. The van der Waals surface area contributed by atoms with Gasteiger partial charge in [-0.25, -0.2) is 0 Å². The molecule has 1 saturated heterocycles. The molecule has 0 atom stereocenters. The number of halogens is 1. The fourth-order valence-electron chi connectivity index (χ4n) is 2.63. The van der Waals surface area contributed by atoms with Crippen molar-refractivity contribution in [3.63, 3.8) is 0 Å². The van der Waals surface area contributed by atoms with Crippen LogP contribution in [0.25, 0.3) is 10.9 Å². The molecule has 88 valence electrons. The molecule has 17 heavy (non-hydrogen) atoms. The first kappa shape index (κ1) is 11.0. The highest BCUT2D eigenvalue weighted by molar-refractivity contribution is 6.31. The Labute approximate surface area is 106 Å². The third-order valence-corrected chi connectivity index (χ3v) is 3.75. The molecule has 2 heterocycles. The summed E-state index contributed by atoms with van der Waals surface area (Å²) >= 11 is 6.09. The van der Waals surface area contributed by atoms with Gasteiger partial charge in [0.05, 0.1) is 5.52 Å². The summed E-state index contributed by atoms with van der Waals surface area (Å²) in [5.41, 5.74) is 2.45. The summed E-state index contributed by atoms with van der Waals surface area (Å²) in [4.78, 5) is 4.40. The van der Waals surface area contributed by atoms with Gasteiger partial charge in [0.1, 0.15) is 0 Å². The second-order valence-electron chi connectivity index (χ2n) is 4.59. The average Bonchev–Trinajstić information content (AvgIpc) is 2.39. The molecule has 0 spiro atoms. The molecule has 2 nitrogen and oxygen atoms in total. The van der Waals surface area contributed by atoms with Crippen molar-refractivity contribution in [2.24, 2.45) is 0 Å². The topological polar surface area (TPSA) is 24.9 Å². The summed E-state index contributed by atoms with van der Waals surface area (Å²) in [6, 6.07) is 8.10. The van der Waals surface area contributed by atoms with Crippen LogP contribution < -0.4 is 5.32 Å². The number of pyridine rings is 1. The summed E-state index contributed by atoms with van der Waals surface area (Å²) < 4.78 is 0. The predicted molar refractivity (Wildman–Crippen MR) is 71.6 cm³/mol. The Bertz CT molecular complexity index is 533. The van der Waals surface area contributed by atoms with Crippen molar-refractivity contribution < 1.29 is 0 Å². The molecule has 0 saturated carbocycles. The van der Waals surface area contributed by atoms with E-state index in [1.54, 1.807) is 0 Å². The van der Waals surface area contributed by atoms with Gasteiger partial charge in [0.2, 0.25) is 0 Å². The van der Waals surface area contributed by atoms with Crippen molar-refractivity contribution in [2.75, 3.05) is 13.1 Å². The van der Waals surface area contributed by atoms with E-state index in [0.29, 0.717) is 5.92 Å². The van der Waals surface area contributed by atoms with E-state index in [-0.39, 0.29) is 0 Å². The van der Waals surface area contributed by atoms with E-state index in [2.05, 4.69) is 16.4 Å². The zero-order valence-corrected chi connectivity index (χ0v) is 10.4. The summed E-state index contributed by atoms with van der Waals surface area (Å²) in [5.74, 6) is 0.639. The molecule has 3 heteroatoms. The number of fused-ring (bicyclic) bond motifs is 1. The molecule has 2 aromatic rings. The minimum atomic E-state index is 0.639. The fraction of sp³-hybridized carbons (Fsp3) is 0.357. The largest absolute Gasteiger partial charge is 0.317 e. The second-order valence-corrected chi connectivity index (χ2v) is 5.02. The first-order valence-electron chi connectivity index (χ1n) is 6.09. The molecule has 1 aromatic carbocycles. The van der Waals surface area contributed by atoms with Crippen LogP contribution in [0, 0.1) is 0 Å². The number of nitrogens with one attached hydrogen (secondary N) is 1. The van der Waals surface area contributed by atoms with E-state index in [1.165, 1.54) is 23.8 Å². The van der Waals surface area contributed by atoms with Gasteiger partial charge in [-0.05, 0) is 61.7 Å². The maximum Gasteiger partial charge on any atom is 0.0705 e. The normalized spacial score (nSPS) is 17.5. The smallest absolute Gasteiger partial charge is 0.0705 e. The minimum absolute atomic E-state index is 0.639. The van der Waals surface area contributed by atoms with E-state index in [1.807, 2.05) is 24.4 Å². The first-order valence-corrected chi connectivity index (χ1v) is 6.47. The van der Waals surface area contributed by atoms with Gasteiger partial charge in [-0.2, -0.15) is 0 Å². The van der Waals surface area contributed by atoms with Gasteiger partial charge in [0.15, 0.2) is 0 Å². The van der Waals surface area contributed by atoms with Gasteiger partial charge in [-0.15, -0.1) is 0 Å². The van der Waals surface area contributed by atoms with Gasteiger partial charge in [-0.3, -0.25) is 4.98 Å². The van der Waals surface area contributed by atoms with Crippen LogP contribution in [0.1, 0.15) is 24.3 Å². The fourth-order valence-corrected chi connectivity index (χ4v) is 2.80. The third-order valence-electron chi connectivity index (χ3n) is 3.52. The average molecular weight is 247 g/mol. The van der Waals surface area contributed by atoms with Crippen molar-refractivity contribution in [3.05, 3.63) is 41.0 Å². The number of hydrogen-bond acceptors (Lipinski definition) is 2. The van der Waals surface area contributed by atoms with Gasteiger partial charge in [-0.1, -0.05) is 11.6 Å². The molecular weight excluding hydrogens is 232 g/mol. The quantitative estimate of drug-likeness (QED) is 0.835. The van der Waals surface area contributed by atoms with Gasteiger partial charge < -0.3 is 5.32 Å². The molecule has 0 unspecified atom stereocenters. The molecule has 0 radical (unpaired) electrons. The Morgan fingerprint density at radius 2 is 2.00 bits per heavy atom. The number of hydrogen-bond donors (Lipinski definition) is 1. The number of benzene rings is 1. The Morgan fingerprint density at radius 3 is 2.82 bits per heavy atom.